The summed E-state index contributed by atoms with van der Waals surface area (Å²) in [5.74, 6) is 1.42. The van der Waals surface area contributed by atoms with E-state index in [1.54, 1.807) is 11.8 Å². The van der Waals surface area contributed by atoms with Crippen molar-refractivity contribution in [2.24, 2.45) is 0 Å². The first-order chi connectivity index (χ1) is 4.74. The van der Waals surface area contributed by atoms with Crippen molar-refractivity contribution in [1.82, 2.24) is 9.36 Å². The second-order valence-electron chi connectivity index (χ2n) is 2.28. The minimum atomic E-state index is 0.456. The lowest BCUT2D eigenvalue weighted by atomic mass is 10.2. The molecule has 0 unspecified atom stereocenters. The number of hydrogen-bond donors (Lipinski definition) is 0. The lowest BCUT2D eigenvalue weighted by Crippen LogP contribution is -1.88. The average molecular weight is 174 g/mol. The Kier molecular flexibility index (Phi) is 2.68. The molecule has 0 radical (unpaired) electrons. The Hall–Kier alpha value is -0.0900. The van der Waals surface area contributed by atoms with E-state index in [9.17, 15) is 0 Å². The highest BCUT2D eigenvalue weighted by Gasteiger charge is 2.05. The van der Waals surface area contributed by atoms with Crippen molar-refractivity contribution in [1.29, 1.82) is 0 Å². The Labute approximate surface area is 69.2 Å². The van der Waals surface area contributed by atoms with Crippen molar-refractivity contribution in [2.75, 3.05) is 6.26 Å². The highest BCUT2D eigenvalue weighted by Crippen LogP contribution is 2.20. The van der Waals surface area contributed by atoms with Gasteiger partial charge in [-0.05, 0) is 17.8 Å². The third-order valence-corrected chi connectivity index (χ3v) is 2.80. The first-order valence-corrected chi connectivity index (χ1v) is 5.11. The maximum atomic E-state index is 4.30. The van der Waals surface area contributed by atoms with E-state index in [1.807, 2.05) is 6.26 Å². The summed E-state index contributed by atoms with van der Waals surface area (Å²) < 4.78 is 5.26. The van der Waals surface area contributed by atoms with Gasteiger partial charge < -0.3 is 0 Å². The number of thioether (sulfide) groups is 1. The molecule has 56 valence electrons. The first-order valence-electron chi connectivity index (χ1n) is 3.11. The lowest BCUT2D eigenvalue weighted by molar-refractivity contribution is 0.789. The van der Waals surface area contributed by atoms with Crippen molar-refractivity contribution in [2.45, 2.75) is 24.1 Å². The molecule has 0 aliphatic carbocycles. The van der Waals surface area contributed by atoms with Gasteiger partial charge in [-0.3, -0.25) is 0 Å². The van der Waals surface area contributed by atoms with Crippen molar-refractivity contribution >= 4 is 23.3 Å². The Bertz CT molecular complexity index is 207. The van der Waals surface area contributed by atoms with Gasteiger partial charge in [-0.1, -0.05) is 25.6 Å². The van der Waals surface area contributed by atoms with E-state index >= 15 is 0 Å². The van der Waals surface area contributed by atoms with Crippen LogP contribution in [0.15, 0.2) is 4.34 Å². The smallest absolute Gasteiger partial charge is 0.169 e. The molecule has 4 heteroatoms. The van der Waals surface area contributed by atoms with Crippen molar-refractivity contribution in [3.63, 3.8) is 0 Å². The van der Waals surface area contributed by atoms with Gasteiger partial charge in [0.05, 0.1) is 0 Å². The van der Waals surface area contributed by atoms with Crippen LogP contribution in [0.2, 0.25) is 0 Å². The fourth-order valence-electron chi connectivity index (χ4n) is 0.538. The Morgan fingerprint density at radius 3 is 2.50 bits per heavy atom. The third kappa shape index (κ3) is 1.70. The molecule has 0 aliphatic rings. The molecule has 1 aromatic heterocycles. The monoisotopic (exact) mass is 174 g/mol. The number of aromatic nitrogens is 2. The molecule has 0 aromatic carbocycles. The zero-order chi connectivity index (χ0) is 7.56. The maximum Gasteiger partial charge on any atom is 0.169 e. The Morgan fingerprint density at radius 1 is 1.50 bits per heavy atom. The minimum Gasteiger partial charge on any atom is -0.213 e. The van der Waals surface area contributed by atoms with Crippen molar-refractivity contribution in [3.8, 4) is 0 Å². The molecule has 1 heterocycles. The van der Waals surface area contributed by atoms with Crippen molar-refractivity contribution in [3.05, 3.63) is 5.82 Å². The molecule has 0 fully saturated rings. The summed E-state index contributed by atoms with van der Waals surface area (Å²) in [5, 5.41) is 0. The van der Waals surface area contributed by atoms with Crippen molar-refractivity contribution < 1.29 is 0 Å². The normalized spacial score (nSPS) is 10.8. The first kappa shape index (κ1) is 8.01. The zero-order valence-corrected chi connectivity index (χ0v) is 7.92. The lowest BCUT2D eigenvalue weighted by Gasteiger charge is -1.93. The predicted octanol–water partition coefficient (Wildman–Crippen LogP) is 2.38. The molecular formula is C6H10N2S2. The number of hydrogen-bond acceptors (Lipinski definition) is 4. The summed E-state index contributed by atoms with van der Waals surface area (Å²) in [5.41, 5.74) is 0. The quantitative estimate of drug-likeness (QED) is 0.644. The fraction of sp³-hybridized carbons (Fsp3) is 0.667. The van der Waals surface area contributed by atoms with Crippen LogP contribution in [0.4, 0.5) is 0 Å². The van der Waals surface area contributed by atoms with Gasteiger partial charge in [0.25, 0.3) is 0 Å². The van der Waals surface area contributed by atoms with Gasteiger partial charge in [-0.15, -0.1) is 0 Å². The topological polar surface area (TPSA) is 25.8 Å². The average Bonchev–Trinajstić information content (AvgIpc) is 2.34. The van der Waals surface area contributed by atoms with E-state index in [0.717, 1.165) is 10.2 Å². The van der Waals surface area contributed by atoms with Gasteiger partial charge in [-0.2, -0.15) is 4.37 Å². The second-order valence-corrected chi connectivity index (χ2v) is 4.08. The fourth-order valence-corrected chi connectivity index (χ4v) is 1.69. The van der Waals surface area contributed by atoms with Crippen LogP contribution in [0, 0.1) is 0 Å². The minimum absolute atomic E-state index is 0.456. The summed E-state index contributed by atoms with van der Waals surface area (Å²) in [6, 6.07) is 0. The Balaban J connectivity index is 2.78. The molecule has 0 saturated carbocycles. The summed E-state index contributed by atoms with van der Waals surface area (Å²) in [6.45, 7) is 4.21. The zero-order valence-electron chi connectivity index (χ0n) is 6.29. The van der Waals surface area contributed by atoms with E-state index < -0.39 is 0 Å². The molecule has 2 nitrogen and oxygen atoms in total. The van der Waals surface area contributed by atoms with E-state index in [0.29, 0.717) is 5.92 Å². The molecule has 0 saturated heterocycles. The molecule has 0 atom stereocenters. The van der Waals surface area contributed by atoms with Gasteiger partial charge in [0.2, 0.25) is 0 Å². The largest absolute Gasteiger partial charge is 0.213 e. The molecule has 0 bridgehead atoms. The summed E-state index contributed by atoms with van der Waals surface area (Å²) in [7, 11) is 0. The van der Waals surface area contributed by atoms with E-state index in [-0.39, 0.29) is 0 Å². The van der Waals surface area contributed by atoms with Gasteiger partial charge in [0.1, 0.15) is 5.82 Å². The molecule has 1 aromatic rings. The number of rotatable bonds is 2. The van der Waals surface area contributed by atoms with Crippen LogP contribution < -0.4 is 0 Å². The van der Waals surface area contributed by atoms with E-state index in [2.05, 4.69) is 23.2 Å². The molecule has 10 heavy (non-hydrogen) atoms. The molecular weight excluding hydrogens is 164 g/mol. The van der Waals surface area contributed by atoms with Gasteiger partial charge in [0, 0.05) is 5.92 Å². The van der Waals surface area contributed by atoms with Crippen LogP contribution in [0.3, 0.4) is 0 Å². The standard InChI is InChI=1S/C6H10N2S2/c1-4(2)5-7-6(9-3)10-8-5/h4H,1-3H3. The second kappa shape index (κ2) is 3.34. The SMILES string of the molecule is CSc1nc(C(C)C)ns1. The van der Waals surface area contributed by atoms with E-state index in [4.69, 9.17) is 0 Å². The van der Waals surface area contributed by atoms with Crippen LogP contribution >= 0.6 is 23.3 Å². The highest BCUT2D eigenvalue weighted by atomic mass is 32.2. The van der Waals surface area contributed by atoms with Crippen LogP contribution in [0.25, 0.3) is 0 Å². The molecule has 0 amide bonds. The summed E-state index contributed by atoms with van der Waals surface area (Å²) in [6.07, 6.45) is 2.02. The molecule has 0 spiro atoms. The van der Waals surface area contributed by atoms with E-state index in [1.165, 1.54) is 11.5 Å². The molecule has 1 rings (SSSR count). The van der Waals surface area contributed by atoms with Crippen LogP contribution in [-0.4, -0.2) is 15.6 Å². The Morgan fingerprint density at radius 2 is 2.20 bits per heavy atom. The number of nitrogens with zero attached hydrogens (tertiary/aromatic N) is 2. The summed E-state index contributed by atoms with van der Waals surface area (Å²) in [4.78, 5) is 4.30. The predicted molar refractivity (Wildman–Crippen MR) is 45.8 cm³/mol. The molecule has 0 aliphatic heterocycles. The van der Waals surface area contributed by atoms with Crippen LogP contribution in [0.5, 0.6) is 0 Å². The summed E-state index contributed by atoms with van der Waals surface area (Å²) >= 11 is 3.13. The third-order valence-electron chi connectivity index (χ3n) is 1.11. The molecule has 0 N–H and O–H groups in total. The van der Waals surface area contributed by atoms with Crippen LogP contribution in [0.1, 0.15) is 25.6 Å². The van der Waals surface area contributed by atoms with Gasteiger partial charge in [0.15, 0.2) is 4.34 Å². The van der Waals surface area contributed by atoms with Gasteiger partial charge >= 0.3 is 0 Å². The van der Waals surface area contributed by atoms with Crippen LogP contribution in [-0.2, 0) is 0 Å². The highest BCUT2D eigenvalue weighted by molar-refractivity contribution is 8.00. The van der Waals surface area contributed by atoms with Gasteiger partial charge in [-0.25, -0.2) is 4.98 Å². The maximum absolute atomic E-state index is 4.30.